The maximum absolute atomic E-state index is 10.8. The Bertz CT molecular complexity index is 393. The Morgan fingerprint density at radius 2 is 1.83 bits per heavy atom. The van der Waals surface area contributed by atoms with Crippen LogP contribution in [0, 0.1) is 5.92 Å². The molecule has 3 heteroatoms. The molecule has 1 aromatic carbocycles. The summed E-state index contributed by atoms with van der Waals surface area (Å²) in [5.74, 6) is -1.04. The Kier molecular flexibility index (Phi) is 4.24. The van der Waals surface area contributed by atoms with Gasteiger partial charge in [-0.25, -0.2) is 0 Å². The number of nitrogens with zero attached hydrogens (tertiary/aromatic N) is 1. The van der Waals surface area contributed by atoms with E-state index in [1.54, 1.807) is 6.92 Å². The third-order valence-corrected chi connectivity index (χ3v) is 3.62. The minimum atomic E-state index is -0.727. The number of carboxylic acid groups (broad SMARTS) is 1. The van der Waals surface area contributed by atoms with Crippen molar-refractivity contribution < 1.29 is 9.90 Å². The van der Waals surface area contributed by atoms with E-state index in [9.17, 15) is 4.79 Å². The molecule has 1 aliphatic rings. The van der Waals surface area contributed by atoms with Crippen molar-refractivity contribution in [3.63, 3.8) is 0 Å². The standard InChI is InChI=1S/C15H21NO2/c1-12(15(17)18)11-13-5-7-14(8-6-13)16-9-3-2-4-10-16/h5-8,12H,2-4,9-11H2,1H3,(H,17,18). The van der Waals surface area contributed by atoms with E-state index in [1.165, 1.54) is 24.9 Å². The van der Waals surface area contributed by atoms with Gasteiger partial charge in [-0.3, -0.25) is 4.79 Å². The summed E-state index contributed by atoms with van der Waals surface area (Å²) in [6.07, 6.45) is 4.50. The van der Waals surface area contributed by atoms with Gasteiger partial charge in [0.25, 0.3) is 0 Å². The molecule has 2 rings (SSSR count). The third kappa shape index (κ3) is 3.25. The minimum absolute atomic E-state index is 0.314. The van der Waals surface area contributed by atoms with E-state index >= 15 is 0 Å². The van der Waals surface area contributed by atoms with Crippen molar-refractivity contribution in [1.29, 1.82) is 0 Å². The molecule has 1 saturated heterocycles. The van der Waals surface area contributed by atoms with Gasteiger partial charge in [0.2, 0.25) is 0 Å². The molecule has 1 heterocycles. The first-order chi connectivity index (χ1) is 8.66. The summed E-state index contributed by atoms with van der Waals surface area (Å²) in [6, 6.07) is 8.36. The predicted molar refractivity (Wildman–Crippen MR) is 73.0 cm³/mol. The van der Waals surface area contributed by atoms with Crippen molar-refractivity contribution in [3.05, 3.63) is 29.8 Å². The lowest BCUT2D eigenvalue weighted by molar-refractivity contribution is -0.141. The number of carboxylic acids is 1. The van der Waals surface area contributed by atoms with Crippen LogP contribution < -0.4 is 4.90 Å². The van der Waals surface area contributed by atoms with Crippen molar-refractivity contribution in [2.45, 2.75) is 32.6 Å². The van der Waals surface area contributed by atoms with Crippen molar-refractivity contribution in [2.75, 3.05) is 18.0 Å². The summed E-state index contributed by atoms with van der Waals surface area (Å²) in [5.41, 5.74) is 2.37. The molecule has 0 saturated carbocycles. The van der Waals surface area contributed by atoms with Crippen LogP contribution in [0.1, 0.15) is 31.7 Å². The van der Waals surface area contributed by atoms with Gasteiger partial charge in [0, 0.05) is 18.8 Å². The first kappa shape index (κ1) is 12.9. The SMILES string of the molecule is CC(Cc1ccc(N2CCCCC2)cc1)C(=O)O. The number of hydrogen-bond acceptors (Lipinski definition) is 2. The van der Waals surface area contributed by atoms with Gasteiger partial charge in [-0.15, -0.1) is 0 Å². The fourth-order valence-corrected chi connectivity index (χ4v) is 2.44. The predicted octanol–water partition coefficient (Wildman–Crippen LogP) is 2.94. The van der Waals surface area contributed by atoms with E-state index in [0.717, 1.165) is 18.7 Å². The van der Waals surface area contributed by atoms with Gasteiger partial charge in [-0.1, -0.05) is 19.1 Å². The molecule has 1 atom stereocenters. The van der Waals surface area contributed by atoms with Crippen LogP contribution in [0.3, 0.4) is 0 Å². The van der Waals surface area contributed by atoms with Crippen molar-refractivity contribution in [2.24, 2.45) is 5.92 Å². The summed E-state index contributed by atoms with van der Waals surface area (Å²) in [6.45, 7) is 4.04. The zero-order valence-corrected chi connectivity index (χ0v) is 10.9. The van der Waals surface area contributed by atoms with Crippen molar-refractivity contribution in [3.8, 4) is 0 Å². The van der Waals surface area contributed by atoms with E-state index in [4.69, 9.17) is 5.11 Å². The largest absolute Gasteiger partial charge is 0.481 e. The maximum atomic E-state index is 10.8. The molecule has 0 amide bonds. The van der Waals surface area contributed by atoms with Gasteiger partial charge >= 0.3 is 5.97 Å². The van der Waals surface area contributed by atoms with Crippen LogP contribution in [0.25, 0.3) is 0 Å². The lowest BCUT2D eigenvalue weighted by Crippen LogP contribution is -2.29. The van der Waals surface area contributed by atoms with Crippen LogP contribution in [0.4, 0.5) is 5.69 Å². The monoisotopic (exact) mass is 247 g/mol. The highest BCUT2D eigenvalue weighted by Crippen LogP contribution is 2.21. The molecule has 1 aliphatic heterocycles. The minimum Gasteiger partial charge on any atom is -0.481 e. The Balaban J connectivity index is 1.98. The van der Waals surface area contributed by atoms with Crippen LogP contribution in [-0.4, -0.2) is 24.2 Å². The van der Waals surface area contributed by atoms with Crippen LogP contribution in [-0.2, 0) is 11.2 Å². The zero-order valence-electron chi connectivity index (χ0n) is 10.9. The molecular weight excluding hydrogens is 226 g/mol. The Labute approximate surface area is 108 Å². The van der Waals surface area contributed by atoms with Gasteiger partial charge in [0.05, 0.1) is 5.92 Å². The molecule has 1 unspecified atom stereocenters. The van der Waals surface area contributed by atoms with E-state index in [-0.39, 0.29) is 5.92 Å². The number of benzene rings is 1. The second-order valence-electron chi connectivity index (χ2n) is 5.16. The number of carbonyl (C=O) groups is 1. The van der Waals surface area contributed by atoms with Gasteiger partial charge < -0.3 is 10.0 Å². The first-order valence-electron chi connectivity index (χ1n) is 6.73. The molecule has 18 heavy (non-hydrogen) atoms. The summed E-state index contributed by atoms with van der Waals surface area (Å²) in [4.78, 5) is 13.2. The molecular formula is C15H21NO2. The highest BCUT2D eigenvalue weighted by molar-refractivity contribution is 5.70. The Hall–Kier alpha value is -1.51. The van der Waals surface area contributed by atoms with E-state index in [0.29, 0.717) is 6.42 Å². The average Bonchev–Trinajstić information content (AvgIpc) is 2.40. The molecule has 1 aromatic rings. The number of piperidine rings is 1. The molecule has 3 nitrogen and oxygen atoms in total. The van der Waals surface area contributed by atoms with E-state index in [2.05, 4.69) is 29.2 Å². The Morgan fingerprint density at radius 3 is 2.39 bits per heavy atom. The molecule has 1 N–H and O–H groups in total. The molecule has 0 aromatic heterocycles. The fraction of sp³-hybridized carbons (Fsp3) is 0.533. The van der Waals surface area contributed by atoms with Gasteiger partial charge in [0.1, 0.15) is 0 Å². The highest BCUT2D eigenvalue weighted by atomic mass is 16.4. The lowest BCUT2D eigenvalue weighted by atomic mass is 10.0. The third-order valence-electron chi connectivity index (χ3n) is 3.62. The molecule has 0 aliphatic carbocycles. The number of anilines is 1. The molecule has 0 radical (unpaired) electrons. The second kappa shape index (κ2) is 5.89. The highest BCUT2D eigenvalue weighted by Gasteiger charge is 2.13. The molecule has 0 bridgehead atoms. The van der Waals surface area contributed by atoms with Crippen molar-refractivity contribution >= 4 is 11.7 Å². The average molecular weight is 247 g/mol. The smallest absolute Gasteiger partial charge is 0.306 e. The fourth-order valence-electron chi connectivity index (χ4n) is 2.44. The quantitative estimate of drug-likeness (QED) is 0.889. The van der Waals surface area contributed by atoms with Crippen molar-refractivity contribution in [1.82, 2.24) is 0 Å². The summed E-state index contributed by atoms with van der Waals surface area (Å²) < 4.78 is 0. The topological polar surface area (TPSA) is 40.5 Å². The number of hydrogen-bond donors (Lipinski definition) is 1. The van der Waals surface area contributed by atoms with Crippen LogP contribution in [0.15, 0.2) is 24.3 Å². The van der Waals surface area contributed by atoms with Gasteiger partial charge in [0.15, 0.2) is 0 Å². The molecule has 98 valence electrons. The van der Waals surface area contributed by atoms with Crippen LogP contribution in [0.5, 0.6) is 0 Å². The summed E-state index contributed by atoms with van der Waals surface area (Å²) >= 11 is 0. The number of rotatable bonds is 4. The first-order valence-corrected chi connectivity index (χ1v) is 6.73. The van der Waals surface area contributed by atoms with Crippen LogP contribution in [0.2, 0.25) is 0 Å². The van der Waals surface area contributed by atoms with Gasteiger partial charge in [-0.2, -0.15) is 0 Å². The van der Waals surface area contributed by atoms with Gasteiger partial charge in [-0.05, 0) is 43.4 Å². The maximum Gasteiger partial charge on any atom is 0.306 e. The normalized spacial score (nSPS) is 17.5. The molecule has 1 fully saturated rings. The van der Waals surface area contributed by atoms with Crippen LogP contribution >= 0.6 is 0 Å². The van der Waals surface area contributed by atoms with E-state index < -0.39 is 5.97 Å². The lowest BCUT2D eigenvalue weighted by Gasteiger charge is -2.28. The van der Waals surface area contributed by atoms with E-state index in [1.807, 2.05) is 0 Å². The second-order valence-corrected chi connectivity index (χ2v) is 5.16. The molecule has 0 spiro atoms. The zero-order chi connectivity index (χ0) is 13.0. The summed E-state index contributed by atoms with van der Waals surface area (Å²) in [5, 5.41) is 8.89. The Morgan fingerprint density at radius 1 is 1.22 bits per heavy atom. The number of aliphatic carboxylic acids is 1. The summed E-state index contributed by atoms with van der Waals surface area (Å²) in [7, 11) is 0.